The lowest BCUT2D eigenvalue weighted by molar-refractivity contribution is -0.0268. The molecule has 0 radical (unpaired) electrons. The Morgan fingerprint density at radius 2 is 2.11 bits per heavy atom. The van der Waals surface area contributed by atoms with Crippen LogP contribution >= 0.6 is 0 Å². The van der Waals surface area contributed by atoms with E-state index in [0.29, 0.717) is 0 Å². The van der Waals surface area contributed by atoms with Gasteiger partial charge in [0.1, 0.15) is 0 Å². The van der Waals surface area contributed by atoms with Crippen LogP contribution in [0.15, 0.2) is 24.5 Å². The molecular weight excluding hydrogens is 226 g/mol. The third-order valence-corrected chi connectivity index (χ3v) is 3.75. The van der Waals surface area contributed by atoms with Crippen molar-refractivity contribution in [3.63, 3.8) is 0 Å². The van der Waals surface area contributed by atoms with Crippen LogP contribution in [-0.2, 0) is 5.60 Å². The molecule has 0 bridgehead atoms. The molecule has 1 aromatic heterocycles. The summed E-state index contributed by atoms with van der Waals surface area (Å²) in [5.74, 6) is 0. The summed E-state index contributed by atoms with van der Waals surface area (Å²) in [7, 11) is 4.19. The molecule has 18 heavy (non-hydrogen) atoms. The van der Waals surface area contributed by atoms with Crippen molar-refractivity contribution in [1.29, 1.82) is 0 Å². The van der Waals surface area contributed by atoms with E-state index in [1.54, 1.807) is 12.4 Å². The monoisotopic (exact) mass is 249 g/mol. The van der Waals surface area contributed by atoms with E-state index in [-0.39, 0.29) is 0 Å². The summed E-state index contributed by atoms with van der Waals surface area (Å²) < 4.78 is 0. The summed E-state index contributed by atoms with van der Waals surface area (Å²) >= 11 is 0. The van der Waals surface area contributed by atoms with Crippen LogP contribution in [0.5, 0.6) is 0 Å². The van der Waals surface area contributed by atoms with Crippen LogP contribution in [0, 0.1) is 0 Å². The van der Waals surface area contributed by atoms with Crippen LogP contribution in [0.2, 0.25) is 0 Å². The van der Waals surface area contributed by atoms with Gasteiger partial charge in [-0.2, -0.15) is 0 Å². The van der Waals surface area contributed by atoms with Gasteiger partial charge in [-0.05, 0) is 33.0 Å². The topological polar surface area (TPSA) is 39.6 Å². The van der Waals surface area contributed by atoms with Crippen molar-refractivity contribution in [1.82, 2.24) is 14.8 Å². The second-order valence-corrected chi connectivity index (χ2v) is 5.42. The number of likely N-dealkylation sites (tertiary alicyclic amines) is 1. The molecule has 0 unspecified atom stereocenters. The number of aliphatic hydroxyl groups is 1. The van der Waals surface area contributed by atoms with E-state index in [1.807, 2.05) is 12.1 Å². The third kappa shape index (κ3) is 3.28. The van der Waals surface area contributed by atoms with Gasteiger partial charge in [-0.3, -0.25) is 4.98 Å². The number of rotatable bonds is 4. The Kier molecular flexibility index (Phi) is 4.32. The lowest BCUT2D eigenvalue weighted by atomic mass is 9.85. The van der Waals surface area contributed by atoms with Crippen LogP contribution in [-0.4, -0.2) is 60.2 Å². The lowest BCUT2D eigenvalue weighted by Gasteiger charge is -2.38. The molecule has 100 valence electrons. The maximum atomic E-state index is 10.7. The largest absolute Gasteiger partial charge is 0.385 e. The molecule has 0 saturated carbocycles. The Balaban J connectivity index is 1.89. The average molecular weight is 249 g/mol. The molecule has 1 saturated heterocycles. The van der Waals surface area contributed by atoms with Crippen LogP contribution in [0.1, 0.15) is 18.4 Å². The first-order valence-electron chi connectivity index (χ1n) is 6.60. The van der Waals surface area contributed by atoms with Gasteiger partial charge in [0.2, 0.25) is 0 Å². The molecule has 1 aromatic rings. The quantitative estimate of drug-likeness (QED) is 0.861. The molecular formula is C14H23N3O. The predicted molar refractivity (Wildman–Crippen MR) is 72.4 cm³/mol. The van der Waals surface area contributed by atoms with Crippen LogP contribution in [0.4, 0.5) is 0 Å². The van der Waals surface area contributed by atoms with Crippen LogP contribution < -0.4 is 0 Å². The van der Waals surface area contributed by atoms with E-state index in [0.717, 1.165) is 44.6 Å². The predicted octanol–water partition coefficient (Wildman–Crippen LogP) is 0.927. The van der Waals surface area contributed by atoms with Crippen LogP contribution in [0.25, 0.3) is 0 Å². The van der Waals surface area contributed by atoms with Crippen molar-refractivity contribution in [2.24, 2.45) is 0 Å². The molecule has 2 rings (SSSR count). The molecule has 1 aliphatic heterocycles. The fraction of sp³-hybridized carbons (Fsp3) is 0.643. The lowest BCUT2D eigenvalue weighted by Crippen LogP contribution is -2.44. The summed E-state index contributed by atoms with van der Waals surface area (Å²) in [6.07, 6.45) is 5.13. The highest BCUT2D eigenvalue weighted by Gasteiger charge is 2.33. The minimum Gasteiger partial charge on any atom is -0.385 e. The Hall–Kier alpha value is -0.970. The number of likely N-dealkylation sites (N-methyl/N-ethyl adjacent to an activating group) is 1. The number of nitrogens with zero attached hydrogens (tertiary/aromatic N) is 3. The van der Waals surface area contributed by atoms with E-state index in [1.165, 1.54) is 0 Å². The second-order valence-electron chi connectivity index (χ2n) is 5.42. The molecule has 1 N–H and O–H groups in total. The van der Waals surface area contributed by atoms with Crippen LogP contribution in [0.3, 0.4) is 0 Å². The summed E-state index contributed by atoms with van der Waals surface area (Å²) in [5, 5.41) is 10.7. The maximum absolute atomic E-state index is 10.7. The van der Waals surface area contributed by atoms with Gasteiger partial charge in [0, 0.05) is 44.1 Å². The fourth-order valence-corrected chi connectivity index (χ4v) is 2.41. The Morgan fingerprint density at radius 3 is 2.67 bits per heavy atom. The van der Waals surface area contributed by atoms with Crippen molar-refractivity contribution in [3.05, 3.63) is 30.1 Å². The van der Waals surface area contributed by atoms with Gasteiger partial charge in [0.15, 0.2) is 0 Å². The standard InChI is InChI=1S/C14H23N3O/c1-16(2)10-11-17-8-5-14(18,6-9-17)13-4-3-7-15-12-13/h3-4,7,12,18H,5-6,8-11H2,1-2H3. The van der Waals surface area contributed by atoms with Gasteiger partial charge in [-0.15, -0.1) is 0 Å². The second kappa shape index (κ2) is 5.78. The van der Waals surface area contributed by atoms with E-state index >= 15 is 0 Å². The molecule has 0 spiro atoms. The van der Waals surface area contributed by atoms with Gasteiger partial charge in [0.05, 0.1) is 5.60 Å². The number of aromatic nitrogens is 1. The Labute approximate surface area is 109 Å². The molecule has 0 aromatic carbocycles. The summed E-state index contributed by atoms with van der Waals surface area (Å²) in [6, 6.07) is 3.87. The van der Waals surface area contributed by atoms with Gasteiger partial charge in [0.25, 0.3) is 0 Å². The highest BCUT2D eigenvalue weighted by atomic mass is 16.3. The number of pyridine rings is 1. The first-order chi connectivity index (χ1) is 8.60. The van der Waals surface area contributed by atoms with Gasteiger partial charge in [-0.1, -0.05) is 6.07 Å². The number of hydrogen-bond acceptors (Lipinski definition) is 4. The molecule has 0 amide bonds. The molecule has 4 nitrogen and oxygen atoms in total. The fourth-order valence-electron chi connectivity index (χ4n) is 2.41. The highest BCUT2D eigenvalue weighted by Crippen LogP contribution is 2.31. The van der Waals surface area contributed by atoms with E-state index in [9.17, 15) is 5.11 Å². The van der Waals surface area contributed by atoms with Crippen molar-refractivity contribution in [2.45, 2.75) is 18.4 Å². The molecule has 0 aliphatic carbocycles. The Morgan fingerprint density at radius 1 is 1.39 bits per heavy atom. The molecule has 0 atom stereocenters. The first kappa shape index (κ1) is 13.5. The zero-order valence-electron chi connectivity index (χ0n) is 11.3. The Bertz CT molecular complexity index is 359. The first-order valence-corrected chi connectivity index (χ1v) is 6.60. The third-order valence-electron chi connectivity index (χ3n) is 3.75. The SMILES string of the molecule is CN(C)CCN1CCC(O)(c2cccnc2)CC1. The smallest absolute Gasteiger partial charge is 0.0935 e. The highest BCUT2D eigenvalue weighted by molar-refractivity contribution is 5.18. The van der Waals surface area contributed by atoms with E-state index in [2.05, 4.69) is 28.9 Å². The molecule has 2 heterocycles. The zero-order chi connectivity index (χ0) is 13.0. The van der Waals surface area contributed by atoms with Gasteiger partial charge >= 0.3 is 0 Å². The van der Waals surface area contributed by atoms with Crippen molar-refractivity contribution in [3.8, 4) is 0 Å². The van der Waals surface area contributed by atoms with Gasteiger partial charge in [-0.25, -0.2) is 0 Å². The number of hydrogen-bond donors (Lipinski definition) is 1. The van der Waals surface area contributed by atoms with E-state index < -0.39 is 5.60 Å². The molecule has 4 heteroatoms. The molecule has 1 fully saturated rings. The van der Waals surface area contributed by atoms with Crippen molar-refractivity contribution in [2.75, 3.05) is 40.3 Å². The van der Waals surface area contributed by atoms with E-state index in [4.69, 9.17) is 0 Å². The zero-order valence-corrected chi connectivity index (χ0v) is 11.3. The molecule has 1 aliphatic rings. The van der Waals surface area contributed by atoms with Crippen molar-refractivity contribution >= 4 is 0 Å². The summed E-state index contributed by atoms with van der Waals surface area (Å²) in [6.45, 7) is 4.07. The average Bonchev–Trinajstić information content (AvgIpc) is 2.39. The minimum absolute atomic E-state index is 0.678. The van der Waals surface area contributed by atoms with Gasteiger partial charge < -0.3 is 14.9 Å². The summed E-state index contributed by atoms with van der Waals surface area (Å²) in [5.41, 5.74) is 0.278. The normalized spacial score (nSPS) is 20.2. The number of piperidine rings is 1. The van der Waals surface area contributed by atoms with Crippen molar-refractivity contribution < 1.29 is 5.11 Å². The maximum Gasteiger partial charge on any atom is 0.0935 e. The minimum atomic E-state index is -0.678. The summed E-state index contributed by atoms with van der Waals surface area (Å²) in [4.78, 5) is 8.72.